The molecule has 1 heterocycles. The molecule has 0 radical (unpaired) electrons. The molecule has 1 aromatic carbocycles. The lowest BCUT2D eigenvalue weighted by Crippen LogP contribution is -2.34. The predicted molar refractivity (Wildman–Crippen MR) is 60.3 cm³/mol. The minimum Gasteiger partial charge on any atom is -0.506 e. The van der Waals surface area contributed by atoms with Gasteiger partial charge in [0.25, 0.3) is 0 Å². The second-order valence-corrected chi connectivity index (χ2v) is 5.09. The SMILES string of the molecule is CC1(c2c(O)c(Br)cc(F)c2F)CCCN1. The highest BCUT2D eigenvalue weighted by atomic mass is 79.9. The Kier molecular flexibility index (Phi) is 2.92. The van der Waals surface area contributed by atoms with E-state index in [2.05, 4.69) is 21.2 Å². The zero-order valence-electron chi connectivity index (χ0n) is 8.78. The highest BCUT2D eigenvalue weighted by molar-refractivity contribution is 9.10. The van der Waals surface area contributed by atoms with Crippen LogP contribution in [0, 0.1) is 11.6 Å². The van der Waals surface area contributed by atoms with Crippen molar-refractivity contribution in [1.82, 2.24) is 5.32 Å². The maximum atomic E-state index is 13.7. The van der Waals surface area contributed by atoms with E-state index in [1.807, 2.05) is 0 Å². The zero-order chi connectivity index (χ0) is 11.9. The summed E-state index contributed by atoms with van der Waals surface area (Å²) < 4.78 is 27.2. The molecule has 1 unspecified atom stereocenters. The number of hydrogen-bond acceptors (Lipinski definition) is 2. The van der Waals surface area contributed by atoms with Crippen molar-refractivity contribution in [2.24, 2.45) is 0 Å². The molecular formula is C11H12BrF2NO. The van der Waals surface area contributed by atoms with Crippen LogP contribution in [0.2, 0.25) is 0 Å². The van der Waals surface area contributed by atoms with Crippen LogP contribution >= 0.6 is 15.9 Å². The van der Waals surface area contributed by atoms with Gasteiger partial charge in [-0.3, -0.25) is 0 Å². The summed E-state index contributed by atoms with van der Waals surface area (Å²) >= 11 is 3.02. The Morgan fingerprint density at radius 1 is 1.50 bits per heavy atom. The van der Waals surface area contributed by atoms with E-state index in [9.17, 15) is 13.9 Å². The van der Waals surface area contributed by atoms with Crippen LogP contribution in [0.15, 0.2) is 10.5 Å². The lowest BCUT2D eigenvalue weighted by molar-refractivity contribution is 0.360. The number of phenols is 1. The van der Waals surface area contributed by atoms with Crippen molar-refractivity contribution in [1.29, 1.82) is 0 Å². The van der Waals surface area contributed by atoms with E-state index in [0.717, 1.165) is 19.0 Å². The largest absolute Gasteiger partial charge is 0.506 e. The third-order valence-electron chi connectivity index (χ3n) is 3.07. The minimum atomic E-state index is -0.974. The molecule has 16 heavy (non-hydrogen) atoms. The Hall–Kier alpha value is -0.680. The number of phenolic OH excluding ortho intramolecular Hbond substituents is 1. The first-order valence-corrected chi connectivity index (χ1v) is 5.87. The van der Waals surface area contributed by atoms with Crippen molar-refractivity contribution in [3.8, 4) is 5.75 Å². The molecule has 1 atom stereocenters. The summed E-state index contributed by atoms with van der Waals surface area (Å²) in [6, 6.07) is 0.937. The van der Waals surface area contributed by atoms with Crippen molar-refractivity contribution < 1.29 is 13.9 Å². The fourth-order valence-electron chi connectivity index (χ4n) is 2.20. The summed E-state index contributed by atoms with van der Waals surface area (Å²) in [5, 5.41) is 12.9. The van der Waals surface area contributed by atoms with Gasteiger partial charge in [0.05, 0.1) is 10.0 Å². The standard InChI is InChI=1S/C11H12BrF2NO/c1-11(3-2-4-15-11)8-9(14)7(13)5-6(12)10(8)16/h5,15-16H,2-4H2,1H3. The van der Waals surface area contributed by atoms with Gasteiger partial charge < -0.3 is 10.4 Å². The fraction of sp³-hybridized carbons (Fsp3) is 0.455. The van der Waals surface area contributed by atoms with Crippen molar-refractivity contribution in [2.75, 3.05) is 6.54 Å². The monoisotopic (exact) mass is 291 g/mol. The number of nitrogens with one attached hydrogen (secondary N) is 1. The maximum absolute atomic E-state index is 13.7. The molecule has 0 aliphatic carbocycles. The molecule has 0 spiro atoms. The van der Waals surface area contributed by atoms with Gasteiger partial charge >= 0.3 is 0 Å². The summed E-state index contributed by atoms with van der Waals surface area (Å²) in [7, 11) is 0. The molecule has 1 aromatic rings. The van der Waals surface area contributed by atoms with Crippen molar-refractivity contribution in [3.05, 3.63) is 27.7 Å². The molecule has 2 N–H and O–H groups in total. The van der Waals surface area contributed by atoms with Crippen LogP contribution in [0.3, 0.4) is 0 Å². The molecule has 0 bridgehead atoms. The van der Waals surface area contributed by atoms with Gasteiger partial charge in [-0.1, -0.05) is 0 Å². The number of hydrogen-bond donors (Lipinski definition) is 2. The molecule has 1 fully saturated rings. The molecule has 5 heteroatoms. The Balaban J connectivity index is 2.63. The lowest BCUT2D eigenvalue weighted by Gasteiger charge is -2.26. The van der Waals surface area contributed by atoms with Crippen LogP contribution in [0.25, 0.3) is 0 Å². The molecule has 0 saturated carbocycles. The summed E-state index contributed by atoms with van der Waals surface area (Å²) in [6.45, 7) is 2.51. The topological polar surface area (TPSA) is 32.3 Å². The van der Waals surface area contributed by atoms with E-state index in [-0.39, 0.29) is 15.8 Å². The molecule has 1 saturated heterocycles. The average Bonchev–Trinajstić information content (AvgIpc) is 2.63. The van der Waals surface area contributed by atoms with E-state index in [0.29, 0.717) is 6.42 Å². The first-order valence-electron chi connectivity index (χ1n) is 5.08. The van der Waals surface area contributed by atoms with Crippen LogP contribution in [0.4, 0.5) is 8.78 Å². The van der Waals surface area contributed by atoms with Gasteiger partial charge in [0, 0.05) is 5.54 Å². The highest BCUT2D eigenvalue weighted by Crippen LogP contribution is 2.41. The van der Waals surface area contributed by atoms with E-state index in [1.165, 1.54) is 0 Å². The number of benzene rings is 1. The van der Waals surface area contributed by atoms with E-state index in [4.69, 9.17) is 0 Å². The number of aromatic hydroxyl groups is 1. The van der Waals surface area contributed by atoms with Crippen LogP contribution in [0.5, 0.6) is 5.75 Å². The quantitative estimate of drug-likeness (QED) is 0.780. The molecule has 2 nitrogen and oxygen atoms in total. The molecule has 1 aliphatic rings. The van der Waals surface area contributed by atoms with Crippen molar-refractivity contribution >= 4 is 15.9 Å². The van der Waals surface area contributed by atoms with Gasteiger partial charge in [-0.2, -0.15) is 0 Å². The molecule has 0 aromatic heterocycles. The normalized spacial score (nSPS) is 25.0. The van der Waals surface area contributed by atoms with Crippen LogP contribution in [-0.2, 0) is 5.54 Å². The zero-order valence-corrected chi connectivity index (χ0v) is 10.4. The Bertz CT molecular complexity index is 404. The van der Waals surface area contributed by atoms with E-state index >= 15 is 0 Å². The van der Waals surface area contributed by atoms with Gasteiger partial charge in [0.1, 0.15) is 5.75 Å². The minimum absolute atomic E-state index is 0.0110. The van der Waals surface area contributed by atoms with E-state index < -0.39 is 17.2 Å². The summed E-state index contributed by atoms with van der Waals surface area (Å²) in [4.78, 5) is 0. The van der Waals surface area contributed by atoms with Crippen LogP contribution < -0.4 is 5.32 Å². The highest BCUT2D eigenvalue weighted by Gasteiger charge is 2.37. The summed E-state index contributed by atoms with van der Waals surface area (Å²) in [5.41, 5.74) is -0.685. The van der Waals surface area contributed by atoms with Crippen LogP contribution in [0.1, 0.15) is 25.3 Å². The first-order chi connectivity index (χ1) is 7.46. The lowest BCUT2D eigenvalue weighted by atomic mass is 9.89. The maximum Gasteiger partial charge on any atom is 0.167 e. The third-order valence-corrected chi connectivity index (χ3v) is 3.67. The van der Waals surface area contributed by atoms with Gasteiger partial charge in [0.2, 0.25) is 0 Å². The van der Waals surface area contributed by atoms with Crippen LogP contribution in [-0.4, -0.2) is 11.7 Å². The second-order valence-electron chi connectivity index (χ2n) is 4.24. The second kappa shape index (κ2) is 3.96. The number of rotatable bonds is 1. The van der Waals surface area contributed by atoms with Gasteiger partial charge in [-0.15, -0.1) is 0 Å². The Labute approximate surface area is 101 Å². The Morgan fingerprint density at radius 2 is 2.19 bits per heavy atom. The Morgan fingerprint density at radius 3 is 2.75 bits per heavy atom. The molecular weight excluding hydrogens is 280 g/mol. The summed E-state index contributed by atoms with van der Waals surface area (Å²) in [6.07, 6.45) is 1.55. The average molecular weight is 292 g/mol. The van der Waals surface area contributed by atoms with Gasteiger partial charge in [-0.25, -0.2) is 8.78 Å². The third kappa shape index (κ3) is 1.72. The summed E-state index contributed by atoms with van der Waals surface area (Å²) in [5.74, 6) is -2.15. The van der Waals surface area contributed by atoms with Gasteiger partial charge in [-0.05, 0) is 48.3 Å². The fourth-order valence-corrected chi connectivity index (χ4v) is 2.60. The molecule has 0 amide bonds. The first kappa shape index (κ1) is 11.8. The molecule has 88 valence electrons. The van der Waals surface area contributed by atoms with Gasteiger partial charge in [0.15, 0.2) is 11.6 Å². The van der Waals surface area contributed by atoms with E-state index in [1.54, 1.807) is 6.92 Å². The van der Waals surface area contributed by atoms with Crippen molar-refractivity contribution in [3.63, 3.8) is 0 Å². The smallest absolute Gasteiger partial charge is 0.167 e. The predicted octanol–water partition coefficient (Wildman–Crippen LogP) is 3.03. The molecule has 2 rings (SSSR count). The number of halogens is 3. The van der Waals surface area contributed by atoms with Crippen molar-refractivity contribution in [2.45, 2.75) is 25.3 Å². The molecule has 1 aliphatic heterocycles.